The van der Waals surface area contributed by atoms with Crippen LogP contribution in [0.2, 0.25) is 0 Å². The lowest BCUT2D eigenvalue weighted by atomic mass is 9.58. The van der Waals surface area contributed by atoms with Crippen LogP contribution >= 0.6 is 0 Å². The van der Waals surface area contributed by atoms with E-state index in [9.17, 15) is 0 Å². The van der Waals surface area contributed by atoms with E-state index in [4.69, 9.17) is 10.2 Å². The van der Waals surface area contributed by atoms with Crippen molar-refractivity contribution in [1.82, 2.24) is 4.90 Å². The molecule has 20 heavy (non-hydrogen) atoms. The monoisotopic (exact) mass is 278 g/mol. The minimum atomic E-state index is 0.0675. The lowest BCUT2D eigenvalue weighted by molar-refractivity contribution is -0.0378. The molecule has 0 bridgehead atoms. The van der Waals surface area contributed by atoms with Crippen LogP contribution in [0.3, 0.4) is 0 Å². The molecule has 0 aromatic carbocycles. The van der Waals surface area contributed by atoms with Gasteiger partial charge in [-0.2, -0.15) is 0 Å². The topological polar surface area (TPSA) is 42.4 Å². The van der Waals surface area contributed by atoms with Crippen molar-refractivity contribution in [2.24, 2.45) is 16.6 Å². The molecule has 0 saturated heterocycles. The quantitative estimate of drug-likeness (QED) is 0.914. The fraction of sp³-hybridized carbons (Fsp3) is 0.765. The first-order valence-corrected chi connectivity index (χ1v) is 7.62. The summed E-state index contributed by atoms with van der Waals surface area (Å²) in [5.74, 6) is 1.02. The highest BCUT2D eigenvalue weighted by Crippen LogP contribution is 2.51. The maximum Gasteiger partial charge on any atom is 0.117 e. The van der Waals surface area contributed by atoms with Crippen molar-refractivity contribution < 1.29 is 4.42 Å². The summed E-state index contributed by atoms with van der Waals surface area (Å²) in [7, 11) is 2.19. The Kier molecular flexibility index (Phi) is 4.05. The average molecular weight is 278 g/mol. The van der Waals surface area contributed by atoms with Gasteiger partial charge in [0.1, 0.15) is 5.76 Å². The molecule has 1 saturated carbocycles. The summed E-state index contributed by atoms with van der Waals surface area (Å²) in [6, 6.07) is 3.99. The van der Waals surface area contributed by atoms with Crippen molar-refractivity contribution in [3.8, 4) is 0 Å². The van der Waals surface area contributed by atoms with Crippen LogP contribution in [0.5, 0.6) is 0 Å². The van der Waals surface area contributed by atoms with Crippen molar-refractivity contribution >= 4 is 0 Å². The Labute approximate surface area is 123 Å². The molecule has 0 atom stereocenters. The number of likely N-dealkylation sites (N-methyl/N-ethyl adjacent to an activating group) is 1. The van der Waals surface area contributed by atoms with E-state index in [-0.39, 0.29) is 5.54 Å². The molecule has 1 aromatic heterocycles. The number of rotatable bonds is 4. The fourth-order valence-corrected chi connectivity index (χ4v) is 4.64. The summed E-state index contributed by atoms with van der Waals surface area (Å²) in [5, 5.41) is 0. The Hall–Kier alpha value is -0.800. The fourth-order valence-electron chi connectivity index (χ4n) is 4.64. The molecule has 3 nitrogen and oxygen atoms in total. The van der Waals surface area contributed by atoms with Gasteiger partial charge < -0.3 is 10.2 Å². The first-order valence-electron chi connectivity index (χ1n) is 7.62. The Morgan fingerprint density at radius 2 is 1.75 bits per heavy atom. The summed E-state index contributed by atoms with van der Waals surface area (Å²) < 4.78 is 5.51. The van der Waals surface area contributed by atoms with Crippen LogP contribution in [0.15, 0.2) is 22.8 Å². The van der Waals surface area contributed by atoms with Crippen LogP contribution in [-0.4, -0.2) is 24.0 Å². The largest absolute Gasteiger partial charge is 0.468 e. The Morgan fingerprint density at radius 1 is 1.15 bits per heavy atom. The lowest BCUT2D eigenvalue weighted by Gasteiger charge is -2.55. The van der Waals surface area contributed by atoms with E-state index in [1.165, 1.54) is 6.42 Å². The van der Waals surface area contributed by atoms with Crippen molar-refractivity contribution in [2.75, 3.05) is 13.6 Å². The highest BCUT2D eigenvalue weighted by Gasteiger charge is 2.48. The first-order chi connectivity index (χ1) is 9.18. The van der Waals surface area contributed by atoms with Gasteiger partial charge in [0.2, 0.25) is 0 Å². The molecule has 0 spiro atoms. The van der Waals surface area contributed by atoms with E-state index in [0.29, 0.717) is 17.4 Å². The van der Waals surface area contributed by atoms with Crippen molar-refractivity contribution in [3.05, 3.63) is 24.2 Å². The van der Waals surface area contributed by atoms with Crippen LogP contribution in [0.4, 0.5) is 0 Å². The van der Waals surface area contributed by atoms with E-state index in [1.54, 1.807) is 6.26 Å². The van der Waals surface area contributed by atoms with Gasteiger partial charge in [-0.3, -0.25) is 4.90 Å². The van der Waals surface area contributed by atoms with Gasteiger partial charge >= 0.3 is 0 Å². The summed E-state index contributed by atoms with van der Waals surface area (Å²) >= 11 is 0. The molecular weight excluding hydrogens is 248 g/mol. The molecule has 1 aliphatic carbocycles. The number of nitrogens with zero attached hydrogens (tertiary/aromatic N) is 1. The highest BCUT2D eigenvalue weighted by molar-refractivity contribution is 5.06. The molecule has 1 aliphatic rings. The minimum absolute atomic E-state index is 0.0675. The number of furan rings is 1. The van der Waals surface area contributed by atoms with Crippen LogP contribution in [0.1, 0.15) is 52.7 Å². The van der Waals surface area contributed by atoms with Gasteiger partial charge in [0.15, 0.2) is 0 Å². The van der Waals surface area contributed by atoms with Gasteiger partial charge in [-0.25, -0.2) is 0 Å². The van der Waals surface area contributed by atoms with Crippen LogP contribution in [0, 0.1) is 10.8 Å². The Bertz CT molecular complexity index is 418. The standard InChI is InChI=1S/C17H30N2O/c1-15(2)10-16(3,4)12-17(11-15,13-18)19(5)9-14-7-6-8-20-14/h6-8H,9-13,18H2,1-5H3. The third-order valence-corrected chi connectivity index (χ3v) is 4.74. The van der Waals surface area contributed by atoms with Crippen LogP contribution in [0.25, 0.3) is 0 Å². The molecule has 0 amide bonds. The van der Waals surface area contributed by atoms with E-state index in [0.717, 1.165) is 25.1 Å². The molecule has 2 rings (SSSR count). The highest BCUT2D eigenvalue weighted by atomic mass is 16.3. The predicted molar refractivity (Wildman–Crippen MR) is 83.4 cm³/mol. The second-order valence-corrected chi connectivity index (χ2v) is 8.22. The van der Waals surface area contributed by atoms with E-state index >= 15 is 0 Å². The molecule has 3 heteroatoms. The van der Waals surface area contributed by atoms with Gasteiger partial charge in [0.05, 0.1) is 12.8 Å². The van der Waals surface area contributed by atoms with Crippen LogP contribution < -0.4 is 5.73 Å². The maximum atomic E-state index is 6.24. The SMILES string of the molecule is CN(Cc1ccco1)C1(CN)CC(C)(C)CC(C)(C)C1. The summed E-state index contributed by atoms with van der Waals surface area (Å²) in [5.41, 5.74) is 6.97. The predicted octanol–water partition coefficient (Wildman–Crippen LogP) is 3.65. The van der Waals surface area contributed by atoms with Gasteiger partial charge in [-0.05, 0) is 49.3 Å². The van der Waals surface area contributed by atoms with Gasteiger partial charge in [0, 0.05) is 12.1 Å². The zero-order valence-electron chi connectivity index (χ0n) is 13.7. The molecule has 1 heterocycles. The summed E-state index contributed by atoms with van der Waals surface area (Å²) in [6.07, 6.45) is 5.30. The van der Waals surface area contributed by atoms with E-state index < -0.39 is 0 Å². The van der Waals surface area contributed by atoms with E-state index in [1.807, 2.05) is 12.1 Å². The van der Waals surface area contributed by atoms with Gasteiger partial charge in [0.25, 0.3) is 0 Å². The third-order valence-electron chi connectivity index (χ3n) is 4.74. The number of hydrogen-bond donors (Lipinski definition) is 1. The zero-order valence-corrected chi connectivity index (χ0v) is 13.7. The Balaban J connectivity index is 2.23. The Morgan fingerprint density at radius 3 is 2.20 bits per heavy atom. The smallest absolute Gasteiger partial charge is 0.117 e. The second kappa shape index (κ2) is 5.19. The average Bonchev–Trinajstić information content (AvgIpc) is 2.77. The molecule has 0 aliphatic heterocycles. The number of hydrogen-bond acceptors (Lipinski definition) is 3. The molecule has 1 fully saturated rings. The van der Waals surface area contributed by atoms with Crippen molar-refractivity contribution in [3.63, 3.8) is 0 Å². The minimum Gasteiger partial charge on any atom is -0.468 e. The van der Waals surface area contributed by atoms with Gasteiger partial charge in [-0.15, -0.1) is 0 Å². The molecule has 2 N–H and O–H groups in total. The maximum absolute atomic E-state index is 6.24. The molecule has 0 unspecified atom stereocenters. The van der Waals surface area contributed by atoms with E-state index in [2.05, 4.69) is 39.6 Å². The molecular formula is C17H30N2O. The molecule has 114 valence electrons. The molecule has 1 aromatic rings. The van der Waals surface area contributed by atoms with Crippen molar-refractivity contribution in [2.45, 2.75) is 59.0 Å². The summed E-state index contributed by atoms with van der Waals surface area (Å²) in [4.78, 5) is 2.41. The van der Waals surface area contributed by atoms with Gasteiger partial charge in [-0.1, -0.05) is 27.7 Å². The first kappa shape index (κ1) is 15.6. The van der Waals surface area contributed by atoms with Crippen LogP contribution in [-0.2, 0) is 6.54 Å². The lowest BCUT2D eigenvalue weighted by Crippen LogP contribution is -2.59. The second-order valence-electron chi connectivity index (χ2n) is 8.22. The zero-order chi connectivity index (χ0) is 15.0. The number of nitrogens with two attached hydrogens (primary N) is 1. The summed E-state index contributed by atoms with van der Waals surface area (Å²) in [6.45, 7) is 11.0. The van der Waals surface area contributed by atoms with Crippen molar-refractivity contribution in [1.29, 1.82) is 0 Å². The molecule has 0 radical (unpaired) electrons. The third kappa shape index (κ3) is 3.26. The normalized spacial score (nSPS) is 23.9.